The Morgan fingerprint density at radius 2 is 1.47 bits per heavy atom. The molecule has 1 atom stereocenters. The van der Waals surface area contributed by atoms with E-state index in [4.69, 9.17) is 0 Å². The van der Waals surface area contributed by atoms with Gasteiger partial charge in [0, 0.05) is 12.5 Å². The Balaban J connectivity index is 1.81. The molecule has 0 fully saturated rings. The zero-order chi connectivity index (χ0) is 26.5. The summed E-state index contributed by atoms with van der Waals surface area (Å²) in [6.07, 6.45) is -13.3. The number of alkyl halides is 6. The van der Waals surface area contributed by atoms with Crippen molar-refractivity contribution in [3.63, 3.8) is 0 Å². The van der Waals surface area contributed by atoms with E-state index in [1.807, 2.05) is 31.2 Å². The molecule has 1 aliphatic rings. The summed E-state index contributed by atoms with van der Waals surface area (Å²) in [5, 5.41) is 13.9. The van der Waals surface area contributed by atoms with Gasteiger partial charge in [-0.3, -0.25) is 5.01 Å². The third kappa shape index (κ3) is 4.32. The Morgan fingerprint density at radius 1 is 0.861 bits per heavy atom. The molecule has 36 heavy (non-hydrogen) atoms. The van der Waals surface area contributed by atoms with Gasteiger partial charge in [-0.2, -0.15) is 31.4 Å². The molecule has 11 heteroatoms. The molecular weight excluding hydrogens is 496 g/mol. The lowest BCUT2D eigenvalue weighted by molar-refractivity contribution is -0.338. The highest BCUT2D eigenvalue weighted by molar-refractivity contribution is 5.97. The van der Waals surface area contributed by atoms with Gasteiger partial charge in [0.25, 0.3) is 5.60 Å². The van der Waals surface area contributed by atoms with E-state index < -0.39 is 53.4 Å². The van der Waals surface area contributed by atoms with Gasteiger partial charge >= 0.3 is 12.4 Å². The van der Waals surface area contributed by atoms with Crippen LogP contribution >= 0.6 is 0 Å². The van der Waals surface area contributed by atoms with E-state index in [1.54, 1.807) is 12.1 Å². The van der Waals surface area contributed by atoms with Gasteiger partial charge in [0.15, 0.2) is 5.82 Å². The molecule has 190 valence electrons. The van der Waals surface area contributed by atoms with Crippen LogP contribution in [0.5, 0.6) is 0 Å². The molecule has 0 saturated heterocycles. The summed E-state index contributed by atoms with van der Waals surface area (Å²) in [6.45, 7) is 1.87. The molecule has 0 bridgehead atoms. The predicted molar refractivity (Wildman–Crippen MR) is 117 cm³/mol. The van der Waals surface area contributed by atoms with Crippen molar-refractivity contribution in [2.24, 2.45) is 5.10 Å². The lowest BCUT2D eigenvalue weighted by Gasteiger charge is -2.32. The number of anilines is 1. The highest BCUT2D eigenvalue weighted by Crippen LogP contribution is 2.49. The quantitative estimate of drug-likeness (QED) is 0.377. The molecule has 0 spiro atoms. The number of halogens is 8. The Morgan fingerprint density at radius 3 is 2.03 bits per heavy atom. The van der Waals surface area contributed by atoms with E-state index in [1.165, 1.54) is 12.1 Å². The van der Waals surface area contributed by atoms with Gasteiger partial charge in [-0.1, -0.05) is 48.5 Å². The average Bonchev–Trinajstić information content (AvgIpc) is 3.23. The minimum atomic E-state index is -6.15. The monoisotopic (exact) mass is 514 g/mol. The third-order valence-electron chi connectivity index (χ3n) is 6.06. The van der Waals surface area contributed by atoms with Gasteiger partial charge in [-0.25, -0.2) is 8.78 Å². The molecule has 1 N–H and O–H groups in total. The first-order valence-electron chi connectivity index (χ1n) is 10.6. The summed E-state index contributed by atoms with van der Waals surface area (Å²) in [4.78, 5) is 0. The molecule has 0 aliphatic carbocycles. The van der Waals surface area contributed by atoms with Crippen molar-refractivity contribution >= 4 is 11.4 Å². The van der Waals surface area contributed by atoms with Crippen molar-refractivity contribution in [3.8, 4) is 11.1 Å². The molecule has 0 saturated carbocycles. The first kappa shape index (κ1) is 25.6. The van der Waals surface area contributed by atoms with Crippen LogP contribution in [0.2, 0.25) is 0 Å². The van der Waals surface area contributed by atoms with Gasteiger partial charge in [0.2, 0.25) is 0 Å². The Kier molecular flexibility index (Phi) is 6.32. The van der Waals surface area contributed by atoms with E-state index in [0.717, 1.165) is 28.8 Å². The standard InChI is InChI=1S/C25H18F8N2O/c1-14-4-2-3-5-18(14)15-6-8-16(9-7-15)21-13-22(23(36,24(28,29)30)25(31,32)33)34-35(21)20-11-10-17(26)12-19(20)27/h2-12,21,36H,13H2,1H3. The maximum atomic E-state index is 14.6. The number of aliphatic hydroxyl groups is 1. The zero-order valence-electron chi connectivity index (χ0n) is 18.5. The normalized spacial score (nSPS) is 16.9. The van der Waals surface area contributed by atoms with Gasteiger partial charge in [-0.15, -0.1) is 0 Å². The van der Waals surface area contributed by atoms with Gasteiger partial charge < -0.3 is 5.11 Å². The maximum Gasteiger partial charge on any atom is 0.431 e. The molecule has 0 amide bonds. The highest BCUT2D eigenvalue weighted by Gasteiger charge is 2.74. The topological polar surface area (TPSA) is 35.8 Å². The lowest BCUT2D eigenvalue weighted by atomic mass is 9.89. The van der Waals surface area contributed by atoms with Crippen molar-refractivity contribution in [1.29, 1.82) is 0 Å². The van der Waals surface area contributed by atoms with Crippen molar-refractivity contribution in [3.05, 3.63) is 89.5 Å². The van der Waals surface area contributed by atoms with E-state index in [0.29, 0.717) is 11.1 Å². The van der Waals surface area contributed by atoms with Crippen LogP contribution in [0, 0.1) is 18.6 Å². The minimum Gasteiger partial charge on any atom is -0.369 e. The summed E-state index contributed by atoms with van der Waals surface area (Å²) in [5.74, 6) is -2.25. The second-order valence-electron chi connectivity index (χ2n) is 8.35. The van der Waals surface area contributed by atoms with Crippen LogP contribution in [-0.4, -0.2) is 28.8 Å². The molecule has 4 rings (SSSR count). The molecule has 1 unspecified atom stereocenters. The fraction of sp³-hybridized carbons (Fsp3) is 0.240. The second-order valence-corrected chi connectivity index (χ2v) is 8.35. The molecule has 3 aromatic rings. The van der Waals surface area contributed by atoms with Gasteiger partial charge in [0.05, 0.1) is 17.4 Å². The fourth-order valence-electron chi connectivity index (χ4n) is 4.15. The van der Waals surface area contributed by atoms with Crippen LogP contribution in [0.4, 0.5) is 40.8 Å². The zero-order valence-corrected chi connectivity index (χ0v) is 18.5. The van der Waals surface area contributed by atoms with E-state index in [2.05, 4.69) is 5.10 Å². The van der Waals surface area contributed by atoms with Crippen molar-refractivity contribution in [2.45, 2.75) is 37.3 Å². The van der Waals surface area contributed by atoms with Crippen molar-refractivity contribution in [2.75, 3.05) is 5.01 Å². The van der Waals surface area contributed by atoms with E-state index >= 15 is 0 Å². The number of nitrogens with zero attached hydrogens (tertiary/aromatic N) is 2. The van der Waals surface area contributed by atoms with Crippen LogP contribution in [0.3, 0.4) is 0 Å². The van der Waals surface area contributed by atoms with Gasteiger partial charge in [-0.05, 0) is 41.3 Å². The SMILES string of the molecule is Cc1ccccc1-c1ccc(C2CC(C(O)(C(F)(F)F)C(F)(F)F)=NN2c2ccc(F)cc2F)cc1. The van der Waals surface area contributed by atoms with Crippen LogP contribution in [0.15, 0.2) is 71.8 Å². The van der Waals surface area contributed by atoms with Crippen LogP contribution in [0.1, 0.15) is 23.6 Å². The first-order valence-corrected chi connectivity index (χ1v) is 10.6. The largest absolute Gasteiger partial charge is 0.431 e. The summed E-state index contributed by atoms with van der Waals surface area (Å²) in [5.41, 5.74) is -4.72. The number of hydrazone groups is 1. The fourth-order valence-corrected chi connectivity index (χ4v) is 4.15. The first-order chi connectivity index (χ1) is 16.7. The van der Waals surface area contributed by atoms with Crippen LogP contribution in [-0.2, 0) is 0 Å². The number of aryl methyl sites for hydroxylation is 1. The second kappa shape index (κ2) is 8.88. The number of rotatable bonds is 4. The Labute approximate surface area is 200 Å². The Bertz CT molecular complexity index is 1280. The van der Waals surface area contributed by atoms with Crippen LogP contribution in [0.25, 0.3) is 11.1 Å². The molecule has 0 radical (unpaired) electrons. The summed E-state index contributed by atoms with van der Waals surface area (Å²) in [7, 11) is 0. The third-order valence-corrected chi connectivity index (χ3v) is 6.06. The molecule has 3 nitrogen and oxygen atoms in total. The van der Waals surface area contributed by atoms with Crippen molar-refractivity contribution < 1.29 is 40.2 Å². The smallest absolute Gasteiger partial charge is 0.369 e. The Hall–Kier alpha value is -3.47. The maximum absolute atomic E-state index is 14.6. The number of benzene rings is 3. The molecule has 1 heterocycles. The van der Waals surface area contributed by atoms with E-state index in [-0.39, 0.29) is 5.56 Å². The molecular formula is C25H18F8N2O. The minimum absolute atomic E-state index is 0.210. The average molecular weight is 514 g/mol. The molecule has 3 aromatic carbocycles. The van der Waals surface area contributed by atoms with Crippen LogP contribution < -0.4 is 5.01 Å². The molecule has 0 aromatic heterocycles. The number of hydrogen-bond donors (Lipinski definition) is 1. The predicted octanol–water partition coefficient (Wildman–Crippen LogP) is 7.10. The number of hydrogen-bond acceptors (Lipinski definition) is 3. The molecule has 1 aliphatic heterocycles. The lowest BCUT2D eigenvalue weighted by Crippen LogP contribution is -2.62. The highest BCUT2D eigenvalue weighted by atomic mass is 19.4. The van der Waals surface area contributed by atoms with Gasteiger partial charge in [0.1, 0.15) is 5.82 Å². The summed E-state index contributed by atoms with van der Waals surface area (Å²) in [6, 6.07) is 14.3. The van der Waals surface area contributed by atoms with Crippen molar-refractivity contribution in [1.82, 2.24) is 0 Å². The van der Waals surface area contributed by atoms with E-state index in [9.17, 15) is 40.2 Å². The summed E-state index contributed by atoms with van der Waals surface area (Å²) < 4.78 is 109. The summed E-state index contributed by atoms with van der Waals surface area (Å²) >= 11 is 0.